The number of nitrogens with zero attached hydrogens (tertiary/aromatic N) is 1. The van der Waals surface area contributed by atoms with Gasteiger partial charge in [0.25, 0.3) is 0 Å². The fourth-order valence-corrected chi connectivity index (χ4v) is 7.89. The van der Waals surface area contributed by atoms with E-state index in [4.69, 9.17) is 4.42 Å². The topological polar surface area (TPSA) is 16.4 Å². The van der Waals surface area contributed by atoms with Crippen LogP contribution in [0, 0.1) is 0 Å². The van der Waals surface area contributed by atoms with Crippen molar-refractivity contribution in [2.45, 2.75) is 0 Å². The summed E-state index contributed by atoms with van der Waals surface area (Å²) in [5.74, 6) is 0. The SMILES string of the molecule is c1ccc(-c2ccccc2N(c2ccc(-c3cccc(-c4cccc5ccccc45)c3)cc2)c2ccccc2-c2ccc3c(c2)oc2ccccc23)cc1. The maximum atomic E-state index is 6.36. The number of fused-ring (bicyclic) bond motifs is 4. The van der Waals surface area contributed by atoms with Crippen LogP contribution in [0.2, 0.25) is 0 Å². The number of hydrogen-bond donors (Lipinski definition) is 0. The quantitative estimate of drug-likeness (QED) is 0.166. The van der Waals surface area contributed by atoms with E-state index in [1.165, 1.54) is 38.6 Å². The highest BCUT2D eigenvalue weighted by Gasteiger charge is 2.21. The first-order valence-corrected chi connectivity index (χ1v) is 18.4. The molecule has 1 aromatic heterocycles. The Morgan fingerprint density at radius 1 is 0.296 bits per heavy atom. The second-order valence-corrected chi connectivity index (χ2v) is 13.7. The van der Waals surface area contributed by atoms with Crippen molar-refractivity contribution < 1.29 is 4.42 Å². The van der Waals surface area contributed by atoms with Gasteiger partial charge in [0.05, 0.1) is 11.4 Å². The summed E-state index contributed by atoms with van der Waals surface area (Å²) in [6, 6.07) is 75.9. The molecule has 54 heavy (non-hydrogen) atoms. The maximum Gasteiger partial charge on any atom is 0.136 e. The van der Waals surface area contributed by atoms with Crippen molar-refractivity contribution in [1.82, 2.24) is 0 Å². The molecule has 9 aromatic carbocycles. The molecule has 10 aromatic rings. The van der Waals surface area contributed by atoms with Gasteiger partial charge in [0.2, 0.25) is 0 Å². The van der Waals surface area contributed by atoms with E-state index in [1.807, 2.05) is 12.1 Å². The molecule has 0 unspecified atom stereocenters. The van der Waals surface area contributed by atoms with Gasteiger partial charge in [0, 0.05) is 27.6 Å². The zero-order valence-electron chi connectivity index (χ0n) is 29.6. The molecule has 0 saturated carbocycles. The summed E-state index contributed by atoms with van der Waals surface area (Å²) in [5.41, 5.74) is 14.4. The van der Waals surface area contributed by atoms with Crippen LogP contribution < -0.4 is 4.90 Å². The number of rotatable bonds is 7. The third-order valence-electron chi connectivity index (χ3n) is 10.5. The van der Waals surface area contributed by atoms with E-state index >= 15 is 0 Å². The number of anilines is 3. The summed E-state index contributed by atoms with van der Waals surface area (Å²) in [7, 11) is 0. The minimum atomic E-state index is 0.884. The zero-order valence-corrected chi connectivity index (χ0v) is 29.6. The molecular weight excluding hydrogens is 655 g/mol. The molecule has 0 atom stereocenters. The van der Waals surface area contributed by atoms with Crippen LogP contribution in [-0.2, 0) is 0 Å². The molecule has 1 heterocycles. The van der Waals surface area contributed by atoms with Crippen LogP contribution in [0.3, 0.4) is 0 Å². The van der Waals surface area contributed by atoms with Gasteiger partial charge >= 0.3 is 0 Å². The first-order chi connectivity index (χ1) is 26.8. The van der Waals surface area contributed by atoms with Crippen LogP contribution in [0.4, 0.5) is 17.1 Å². The fraction of sp³-hybridized carbons (Fsp3) is 0. The standard InChI is InChI=1S/C52H35NO/c1-2-14-38(15-3-1)45-21-6-9-25-49(45)53(50-26-10-7-22-46(50)41-30-33-48-47-23-8-11-27-51(47)54-52(48)35-41)42-31-28-36(29-32-42)39-18-12-19-40(34-39)44-24-13-17-37-16-4-5-20-43(37)44/h1-35H. The minimum Gasteiger partial charge on any atom is -0.456 e. The van der Waals surface area contributed by atoms with Gasteiger partial charge in [-0.25, -0.2) is 0 Å². The van der Waals surface area contributed by atoms with Crippen molar-refractivity contribution in [2.75, 3.05) is 4.90 Å². The van der Waals surface area contributed by atoms with Crippen LogP contribution in [-0.4, -0.2) is 0 Å². The van der Waals surface area contributed by atoms with E-state index < -0.39 is 0 Å². The van der Waals surface area contributed by atoms with Gasteiger partial charge in [-0.3, -0.25) is 0 Å². The second kappa shape index (κ2) is 13.4. The summed E-state index contributed by atoms with van der Waals surface area (Å²) in [6.45, 7) is 0. The molecule has 0 fully saturated rings. The van der Waals surface area contributed by atoms with Crippen molar-refractivity contribution in [3.63, 3.8) is 0 Å². The van der Waals surface area contributed by atoms with E-state index in [2.05, 4.69) is 205 Å². The van der Waals surface area contributed by atoms with E-state index in [9.17, 15) is 0 Å². The average Bonchev–Trinajstić information content (AvgIpc) is 3.63. The summed E-state index contributed by atoms with van der Waals surface area (Å²) < 4.78 is 6.36. The zero-order chi connectivity index (χ0) is 35.8. The van der Waals surface area contributed by atoms with E-state index in [1.54, 1.807) is 0 Å². The van der Waals surface area contributed by atoms with Crippen LogP contribution >= 0.6 is 0 Å². The van der Waals surface area contributed by atoms with Crippen molar-refractivity contribution in [3.05, 3.63) is 212 Å². The molecule has 2 heteroatoms. The number of benzene rings is 9. The highest BCUT2D eigenvalue weighted by Crippen LogP contribution is 2.45. The Morgan fingerprint density at radius 2 is 0.833 bits per heavy atom. The number of furan rings is 1. The molecule has 0 bridgehead atoms. The van der Waals surface area contributed by atoms with Crippen LogP contribution in [0.5, 0.6) is 0 Å². The summed E-state index contributed by atoms with van der Waals surface area (Å²) in [4.78, 5) is 2.40. The molecule has 0 amide bonds. The molecule has 0 spiro atoms. The highest BCUT2D eigenvalue weighted by molar-refractivity contribution is 6.06. The summed E-state index contributed by atoms with van der Waals surface area (Å²) in [5, 5.41) is 4.77. The van der Waals surface area contributed by atoms with Crippen LogP contribution in [0.15, 0.2) is 217 Å². The normalized spacial score (nSPS) is 11.3. The third kappa shape index (κ3) is 5.62. The predicted octanol–water partition coefficient (Wildman–Crippen LogP) is 14.9. The average molecular weight is 690 g/mol. The summed E-state index contributed by atoms with van der Waals surface area (Å²) in [6.07, 6.45) is 0. The molecule has 0 aliphatic heterocycles. The van der Waals surface area contributed by atoms with Gasteiger partial charge in [0.15, 0.2) is 0 Å². The first kappa shape index (κ1) is 31.6. The lowest BCUT2D eigenvalue weighted by atomic mass is 9.95. The Hall–Kier alpha value is -7.16. The Balaban J connectivity index is 1.11. The number of hydrogen-bond acceptors (Lipinski definition) is 2. The fourth-order valence-electron chi connectivity index (χ4n) is 7.89. The van der Waals surface area contributed by atoms with Gasteiger partial charge in [-0.05, 0) is 92.7 Å². The molecule has 254 valence electrons. The van der Waals surface area contributed by atoms with E-state index in [0.29, 0.717) is 0 Å². The molecule has 0 N–H and O–H groups in total. The van der Waals surface area contributed by atoms with E-state index in [0.717, 1.165) is 55.7 Å². The maximum absolute atomic E-state index is 6.36. The largest absolute Gasteiger partial charge is 0.456 e. The Morgan fingerprint density at radius 3 is 1.65 bits per heavy atom. The van der Waals surface area contributed by atoms with Crippen molar-refractivity contribution in [1.29, 1.82) is 0 Å². The lowest BCUT2D eigenvalue weighted by Crippen LogP contribution is -2.12. The van der Waals surface area contributed by atoms with Crippen LogP contribution in [0.1, 0.15) is 0 Å². The predicted molar refractivity (Wildman–Crippen MR) is 228 cm³/mol. The second-order valence-electron chi connectivity index (χ2n) is 13.7. The molecule has 2 nitrogen and oxygen atoms in total. The van der Waals surface area contributed by atoms with Gasteiger partial charge in [0.1, 0.15) is 11.2 Å². The van der Waals surface area contributed by atoms with E-state index in [-0.39, 0.29) is 0 Å². The molecule has 0 aliphatic rings. The van der Waals surface area contributed by atoms with Gasteiger partial charge < -0.3 is 9.32 Å². The monoisotopic (exact) mass is 689 g/mol. The Labute approximate surface area is 314 Å². The minimum absolute atomic E-state index is 0.884. The molecule has 10 rings (SSSR count). The van der Waals surface area contributed by atoms with Crippen molar-refractivity contribution in [3.8, 4) is 44.5 Å². The van der Waals surface area contributed by atoms with Crippen molar-refractivity contribution >= 4 is 49.8 Å². The molecular formula is C52H35NO. The smallest absolute Gasteiger partial charge is 0.136 e. The van der Waals surface area contributed by atoms with Gasteiger partial charge in [-0.15, -0.1) is 0 Å². The lowest BCUT2D eigenvalue weighted by Gasteiger charge is -2.30. The first-order valence-electron chi connectivity index (χ1n) is 18.4. The van der Waals surface area contributed by atoms with Crippen LogP contribution in [0.25, 0.3) is 77.2 Å². The summed E-state index contributed by atoms with van der Waals surface area (Å²) >= 11 is 0. The van der Waals surface area contributed by atoms with Gasteiger partial charge in [-0.1, -0.05) is 164 Å². The molecule has 0 aliphatic carbocycles. The molecule has 0 saturated heterocycles. The Kier molecular flexibility index (Phi) is 7.85. The van der Waals surface area contributed by atoms with Gasteiger partial charge in [-0.2, -0.15) is 0 Å². The Bertz CT molecular complexity index is 2930. The molecule has 0 radical (unpaired) electrons. The van der Waals surface area contributed by atoms with Crippen molar-refractivity contribution in [2.24, 2.45) is 0 Å². The lowest BCUT2D eigenvalue weighted by molar-refractivity contribution is 0.669. The number of para-hydroxylation sites is 3. The highest BCUT2D eigenvalue weighted by atomic mass is 16.3. The third-order valence-corrected chi connectivity index (χ3v) is 10.5.